The number of carboxylic acid groups (broad SMARTS) is 1. The highest BCUT2D eigenvalue weighted by Crippen LogP contribution is 2.33. The third-order valence-electron chi connectivity index (χ3n) is 5.17. The molecular formula is C17H19FIN3O5. The van der Waals surface area contributed by atoms with Crippen molar-refractivity contribution in [1.82, 2.24) is 4.90 Å². The monoisotopic (exact) mass is 491 g/mol. The number of carbonyl (C=O) groups excluding carboxylic acids is 1. The molecule has 10 heteroatoms. The molecule has 3 atom stereocenters. The van der Waals surface area contributed by atoms with Gasteiger partial charge in [0.2, 0.25) is 0 Å². The van der Waals surface area contributed by atoms with E-state index in [-0.39, 0.29) is 31.3 Å². The van der Waals surface area contributed by atoms with E-state index in [2.05, 4.69) is 22.6 Å². The predicted octanol–water partition coefficient (Wildman–Crippen LogP) is 2.15. The number of cyclic esters (lactones) is 1. The number of hydrogen-bond donors (Lipinski definition) is 1. The molecule has 0 aromatic heterocycles. The van der Waals surface area contributed by atoms with Crippen LogP contribution in [0.15, 0.2) is 18.2 Å². The van der Waals surface area contributed by atoms with Gasteiger partial charge in [0.15, 0.2) is 0 Å². The van der Waals surface area contributed by atoms with Gasteiger partial charge in [-0.2, -0.15) is 0 Å². The minimum atomic E-state index is -0.999. The summed E-state index contributed by atoms with van der Waals surface area (Å²) in [4.78, 5) is 27.8. The molecule has 1 aromatic rings. The average molecular weight is 491 g/mol. The third kappa shape index (κ3) is 3.40. The molecule has 2 amide bonds. The van der Waals surface area contributed by atoms with Crippen molar-refractivity contribution in [2.24, 2.45) is 0 Å². The first-order chi connectivity index (χ1) is 13.0. The van der Waals surface area contributed by atoms with Crippen LogP contribution in [0.1, 0.15) is 0 Å². The van der Waals surface area contributed by atoms with E-state index in [4.69, 9.17) is 9.47 Å². The lowest BCUT2D eigenvalue weighted by atomic mass is 10.1. The van der Waals surface area contributed by atoms with E-state index >= 15 is 0 Å². The fraction of sp³-hybridized carbons (Fsp3) is 0.529. The number of anilines is 2. The van der Waals surface area contributed by atoms with Crippen LogP contribution in [0.4, 0.5) is 25.4 Å². The number of carbonyl (C=O) groups is 2. The molecular weight excluding hydrogens is 472 g/mol. The first kappa shape index (κ1) is 18.5. The number of morpholine rings is 1. The van der Waals surface area contributed by atoms with Crippen LogP contribution in [-0.4, -0.2) is 77.7 Å². The largest absolute Gasteiger partial charge is 0.465 e. The molecule has 0 radical (unpaired) electrons. The average Bonchev–Trinajstić information content (AvgIpc) is 3.25. The van der Waals surface area contributed by atoms with Crippen molar-refractivity contribution in [1.29, 1.82) is 0 Å². The van der Waals surface area contributed by atoms with Gasteiger partial charge in [-0.15, -0.1) is 0 Å². The normalized spacial score (nSPS) is 27.7. The number of fused-ring (bicyclic) bond motifs is 1. The molecule has 3 aliphatic rings. The molecule has 0 bridgehead atoms. The van der Waals surface area contributed by atoms with Crippen LogP contribution in [0, 0.1) is 5.82 Å². The van der Waals surface area contributed by atoms with Gasteiger partial charge in [0, 0.05) is 17.5 Å². The maximum absolute atomic E-state index is 14.9. The number of hydrogen-bond acceptors (Lipinski definition) is 5. The minimum absolute atomic E-state index is 0.193. The summed E-state index contributed by atoms with van der Waals surface area (Å²) in [6.07, 6.45) is -1.93. The Balaban J connectivity index is 1.56. The van der Waals surface area contributed by atoms with Gasteiger partial charge in [0.1, 0.15) is 11.9 Å². The number of halogens is 2. The summed E-state index contributed by atoms with van der Waals surface area (Å²) in [7, 11) is 0. The summed E-state index contributed by atoms with van der Waals surface area (Å²) < 4.78 is 26.5. The summed E-state index contributed by atoms with van der Waals surface area (Å²) in [5.74, 6) is -0.451. The van der Waals surface area contributed by atoms with Gasteiger partial charge in [-0.1, -0.05) is 22.6 Å². The summed E-state index contributed by atoms with van der Waals surface area (Å²) >= 11 is 2.15. The zero-order chi connectivity index (χ0) is 19.1. The highest BCUT2D eigenvalue weighted by atomic mass is 127. The van der Waals surface area contributed by atoms with Crippen LogP contribution >= 0.6 is 22.6 Å². The molecule has 3 heterocycles. The molecule has 4 rings (SSSR count). The van der Waals surface area contributed by atoms with E-state index in [9.17, 15) is 19.1 Å². The number of likely N-dealkylation sites (tertiary alicyclic amines) is 1. The highest BCUT2D eigenvalue weighted by Gasteiger charge is 2.42. The van der Waals surface area contributed by atoms with Gasteiger partial charge in [0.05, 0.1) is 43.2 Å². The van der Waals surface area contributed by atoms with Crippen molar-refractivity contribution in [3.05, 3.63) is 24.0 Å². The second-order valence-electron chi connectivity index (χ2n) is 6.76. The Morgan fingerprint density at radius 1 is 1.33 bits per heavy atom. The van der Waals surface area contributed by atoms with Crippen molar-refractivity contribution >= 4 is 46.2 Å². The summed E-state index contributed by atoms with van der Waals surface area (Å²) in [5.41, 5.74) is 0.847. The van der Waals surface area contributed by atoms with E-state index < -0.39 is 18.0 Å². The zero-order valence-corrected chi connectivity index (χ0v) is 16.5. The van der Waals surface area contributed by atoms with Crippen LogP contribution in [0.2, 0.25) is 0 Å². The molecule has 3 saturated heterocycles. The number of benzene rings is 1. The van der Waals surface area contributed by atoms with Crippen molar-refractivity contribution < 1.29 is 28.6 Å². The van der Waals surface area contributed by atoms with E-state index in [1.165, 1.54) is 15.9 Å². The second kappa shape index (κ2) is 7.30. The lowest BCUT2D eigenvalue weighted by molar-refractivity contribution is 0.0308. The molecule has 1 N–H and O–H groups in total. The van der Waals surface area contributed by atoms with E-state index in [1.807, 2.05) is 4.90 Å². The van der Waals surface area contributed by atoms with Gasteiger partial charge in [-0.25, -0.2) is 14.0 Å². The van der Waals surface area contributed by atoms with E-state index in [0.717, 1.165) is 0 Å². The molecule has 3 fully saturated rings. The maximum atomic E-state index is 14.9. The molecule has 8 nitrogen and oxygen atoms in total. The summed E-state index contributed by atoms with van der Waals surface area (Å²) in [6, 6.07) is 4.45. The topological polar surface area (TPSA) is 82.6 Å². The summed E-state index contributed by atoms with van der Waals surface area (Å²) in [6.45, 7) is 1.85. The number of nitrogens with zero attached hydrogens (tertiary/aromatic N) is 3. The third-order valence-corrected chi connectivity index (χ3v) is 6.15. The van der Waals surface area contributed by atoms with Crippen LogP contribution < -0.4 is 9.80 Å². The Morgan fingerprint density at radius 2 is 2.15 bits per heavy atom. The Bertz CT molecular complexity index is 766. The molecule has 27 heavy (non-hydrogen) atoms. The lowest BCUT2D eigenvalue weighted by Crippen LogP contribution is -2.51. The smallest absolute Gasteiger partial charge is 0.414 e. The Labute approximate surface area is 168 Å². The second-order valence-corrected chi connectivity index (χ2v) is 7.64. The first-order valence-electron chi connectivity index (χ1n) is 8.67. The van der Waals surface area contributed by atoms with Crippen LogP contribution in [0.3, 0.4) is 0 Å². The van der Waals surface area contributed by atoms with Gasteiger partial charge in [-0.3, -0.25) is 4.90 Å². The number of amides is 2. The first-order valence-corrected chi connectivity index (χ1v) is 10.2. The summed E-state index contributed by atoms with van der Waals surface area (Å²) in [5, 5.41) is 9.22. The van der Waals surface area contributed by atoms with Crippen molar-refractivity contribution in [2.75, 3.05) is 47.0 Å². The molecule has 0 saturated carbocycles. The maximum Gasteiger partial charge on any atom is 0.414 e. The molecule has 3 aliphatic heterocycles. The number of rotatable bonds is 3. The highest BCUT2D eigenvalue weighted by molar-refractivity contribution is 14.1. The Hall–Kier alpha value is -1.82. The fourth-order valence-electron chi connectivity index (χ4n) is 3.85. The minimum Gasteiger partial charge on any atom is -0.465 e. The van der Waals surface area contributed by atoms with Crippen molar-refractivity contribution in [3.8, 4) is 0 Å². The fourth-order valence-corrected chi connectivity index (χ4v) is 4.31. The Kier molecular flexibility index (Phi) is 5.01. The molecule has 1 aromatic carbocycles. The lowest BCUT2D eigenvalue weighted by Gasteiger charge is -2.38. The van der Waals surface area contributed by atoms with Crippen LogP contribution in [0.5, 0.6) is 0 Å². The molecule has 146 valence electrons. The standard InChI is InChI=1S/C17H19FIN3O5/c18-12-5-10(22-7-11(6-19)27-17(22)25)1-2-13(12)21-3-4-26-15-9-20(16(23)24)8-14(15)21/h1-2,5,11,14-15H,3-4,6-9H2,(H,23,24). The van der Waals surface area contributed by atoms with Gasteiger partial charge < -0.3 is 24.4 Å². The predicted molar refractivity (Wildman–Crippen MR) is 103 cm³/mol. The van der Waals surface area contributed by atoms with Gasteiger partial charge in [-0.05, 0) is 18.2 Å². The molecule has 3 unspecified atom stereocenters. The van der Waals surface area contributed by atoms with E-state index in [1.54, 1.807) is 12.1 Å². The zero-order valence-electron chi connectivity index (χ0n) is 14.4. The quantitative estimate of drug-likeness (QED) is 0.516. The SMILES string of the molecule is O=C(O)N1CC2OCCN(c3ccc(N4CC(CI)OC4=O)cc3F)C2C1. The van der Waals surface area contributed by atoms with Gasteiger partial charge in [0.25, 0.3) is 0 Å². The van der Waals surface area contributed by atoms with Crippen LogP contribution in [-0.2, 0) is 9.47 Å². The Morgan fingerprint density at radius 3 is 2.81 bits per heavy atom. The number of ether oxygens (including phenoxy) is 2. The van der Waals surface area contributed by atoms with Gasteiger partial charge >= 0.3 is 12.2 Å². The number of alkyl halides is 1. The van der Waals surface area contributed by atoms with Crippen LogP contribution in [0.25, 0.3) is 0 Å². The van der Waals surface area contributed by atoms with Crippen molar-refractivity contribution in [2.45, 2.75) is 18.2 Å². The molecule has 0 aliphatic carbocycles. The van der Waals surface area contributed by atoms with Crippen molar-refractivity contribution in [3.63, 3.8) is 0 Å². The van der Waals surface area contributed by atoms with E-state index in [0.29, 0.717) is 35.5 Å². The molecule has 0 spiro atoms.